The molecule has 3 aromatic carbocycles. The summed E-state index contributed by atoms with van der Waals surface area (Å²) in [6.07, 6.45) is -1.84. The molecule has 0 unspecified atom stereocenters. The summed E-state index contributed by atoms with van der Waals surface area (Å²) in [5.41, 5.74) is 2.27. The molecule has 174 valence electrons. The van der Waals surface area contributed by atoms with Gasteiger partial charge in [-0.05, 0) is 35.7 Å². The number of benzene rings is 3. The van der Waals surface area contributed by atoms with Gasteiger partial charge in [0.1, 0.15) is 18.5 Å². The van der Waals surface area contributed by atoms with Crippen LogP contribution in [-0.2, 0) is 20.9 Å². The molecule has 3 atom stereocenters. The number of ether oxygens (including phenoxy) is 2. The van der Waals surface area contributed by atoms with E-state index in [1.54, 1.807) is 31.2 Å². The van der Waals surface area contributed by atoms with E-state index in [1.165, 1.54) is 0 Å². The van der Waals surface area contributed by atoms with Gasteiger partial charge in [-0.3, -0.25) is 9.59 Å². The Hall–Kier alpha value is -4.13. The summed E-state index contributed by atoms with van der Waals surface area (Å²) in [7, 11) is 0. The van der Waals surface area contributed by atoms with Crippen molar-refractivity contribution in [2.45, 2.75) is 38.0 Å². The zero-order valence-corrected chi connectivity index (χ0v) is 18.7. The van der Waals surface area contributed by atoms with Crippen LogP contribution >= 0.6 is 0 Å². The molecule has 4 rings (SSSR count). The van der Waals surface area contributed by atoms with Crippen LogP contribution in [0.2, 0.25) is 0 Å². The summed E-state index contributed by atoms with van der Waals surface area (Å²) < 4.78 is 11.3. The van der Waals surface area contributed by atoms with Crippen LogP contribution in [0.5, 0.6) is 5.75 Å². The molecular formula is C27H25NO6. The summed E-state index contributed by atoms with van der Waals surface area (Å²) in [5, 5.41) is 9.45. The Morgan fingerprint density at radius 3 is 2.21 bits per heavy atom. The monoisotopic (exact) mass is 459 g/mol. The molecule has 7 heteroatoms. The van der Waals surface area contributed by atoms with Crippen LogP contribution in [0, 0.1) is 0 Å². The summed E-state index contributed by atoms with van der Waals surface area (Å²) in [6.45, 7) is 2.11. The first kappa shape index (κ1) is 23.0. The first-order valence-corrected chi connectivity index (χ1v) is 11.0. The summed E-state index contributed by atoms with van der Waals surface area (Å²) in [5.74, 6) is -2.18. The molecule has 1 saturated heterocycles. The molecule has 1 aliphatic rings. The van der Waals surface area contributed by atoms with Crippen molar-refractivity contribution in [2.75, 3.05) is 0 Å². The maximum Gasteiger partial charge on any atom is 0.417 e. The second kappa shape index (κ2) is 10.2. The Kier molecular flexibility index (Phi) is 6.92. The van der Waals surface area contributed by atoms with Crippen molar-refractivity contribution in [3.8, 4) is 5.75 Å². The molecule has 3 aromatic rings. The van der Waals surface area contributed by atoms with Crippen molar-refractivity contribution in [3.05, 3.63) is 102 Å². The molecule has 0 aromatic heterocycles. The van der Waals surface area contributed by atoms with Gasteiger partial charge in [-0.15, -0.1) is 0 Å². The van der Waals surface area contributed by atoms with Gasteiger partial charge < -0.3 is 14.6 Å². The lowest BCUT2D eigenvalue weighted by Crippen LogP contribution is -2.41. The fourth-order valence-electron chi connectivity index (χ4n) is 4.07. The lowest BCUT2D eigenvalue weighted by atomic mass is 9.93. The van der Waals surface area contributed by atoms with E-state index < -0.39 is 42.5 Å². The second-order valence-corrected chi connectivity index (χ2v) is 8.16. The van der Waals surface area contributed by atoms with Crippen LogP contribution < -0.4 is 4.74 Å². The number of carboxylic acids is 1. The number of carbonyl (C=O) groups is 3. The molecule has 1 N–H and O–H groups in total. The molecule has 0 saturated carbocycles. The molecule has 34 heavy (non-hydrogen) atoms. The number of cyclic esters (lactones) is 1. The Bertz CT molecular complexity index is 1150. The average Bonchev–Trinajstić information content (AvgIpc) is 3.16. The molecule has 2 amide bonds. The lowest BCUT2D eigenvalue weighted by molar-refractivity contribution is -0.141. The molecule has 0 bridgehead atoms. The Morgan fingerprint density at radius 2 is 1.59 bits per heavy atom. The highest BCUT2D eigenvalue weighted by Crippen LogP contribution is 2.35. The van der Waals surface area contributed by atoms with E-state index in [4.69, 9.17) is 9.47 Å². The highest BCUT2D eigenvalue weighted by atomic mass is 16.6. The minimum absolute atomic E-state index is 0.385. The molecule has 1 fully saturated rings. The fraction of sp³-hybridized carbons (Fsp3) is 0.222. The van der Waals surface area contributed by atoms with Gasteiger partial charge in [0, 0.05) is 0 Å². The first-order valence-electron chi connectivity index (χ1n) is 11.0. The molecule has 1 heterocycles. The van der Waals surface area contributed by atoms with Gasteiger partial charge in [-0.1, -0.05) is 72.8 Å². The van der Waals surface area contributed by atoms with E-state index >= 15 is 0 Å². The minimum atomic E-state index is -1.14. The topological polar surface area (TPSA) is 93.1 Å². The van der Waals surface area contributed by atoms with Crippen LogP contribution in [0.15, 0.2) is 84.9 Å². The predicted octanol–water partition coefficient (Wildman–Crippen LogP) is 4.93. The van der Waals surface area contributed by atoms with E-state index in [-0.39, 0.29) is 0 Å². The maximum absolute atomic E-state index is 13.4. The van der Waals surface area contributed by atoms with Gasteiger partial charge in [-0.25, -0.2) is 9.69 Å². The third-order valence-corrected chi connectivity index (χ3v) is 5.84. The van der Waals surface area contributed by atoms with Crippen molar-refractivity contribution in [1.82, 2.24) is 4.90 Å². The number of carboxylic acid groups (broad SMARTS) is 1. The highest BCUT2D eigenvalue weighted by molar-refractivity contribution is 5.99. The van der Waals surface area contributed by atoms with E-state index in [1.807, 2.05) is 60.7 Å². The molecular weight excluding hydrogens is 434 g/mol. The van der Waals surface area contributed by atoms with E-state index in [0.717, 1.165) is 16.0 Å². The van der Waals surface area contributed by atoms with Crippen LogP contribution in [-0.4, -0.2) is 34.0 Å². The largest absolute Gasteiger partial charge is 0.489 e. The third-order valence-electron chi connectivity index (χ3n) is 5.84. The molecule has 1 aliphatic heterocycles. The molecule has 0 aliphatic carbocycles. The van der Waals surface area contributed by atoms with E-state index in [0.29, 0.717) is 17.9 Å². The molecule has 0 radical (unpaired) electrons. The van der Waals surface area contributed by atoms with Crippen molar-refractivity contribution >= 4 is 18.0 Å². The van der Waals surface area contributed by atoms with Crippen LogP contribution in [0.4, 0.5) is 4.79 Å². The average molecular weight is 459 g/mol. The van der Waals surface area contributed by atoms with Gasteiger partial charge >= 0.3 is 12.1 Å². The first-order chi connectivity index (χ1) is 16.4. The fourth-order valence-corrected chi connectivity index (χ4v) is 4.07. The smallest absolute Gasteiger partial charge is 0.417 e. The summed E-state index contributed by atoms with van der Waals surface area (Å²) in [4.78, 5) is 38.6. The number of imide groups is 1. The Labute approximate surface area is 197 Å². The number of carbonyl (C=O) groups excluding carboxylic acids is 2. The SMILES string of the molecule is C[C@H]1[C@@H](c2ccccc2)OC(=O)N1C(=O)[C@@H](CC(=O)O)c1ccc(OCc2ccccc2)cc1. The van der Waals surface area contributed by atoms with Crippen molar-refractivity contribution in [3.63, 3.8) is 0 Å². The lowest BCUT2D eigenvalue weighted by Gasteiger charge is -2.24. The summed E-state index contributed by atoms with van der Waals surface area (Å²) in [6, 6.07) is 25.0. The van der Waals surface area contributed by atoms with Crippen LogP contribution in [0.3, 0.4) is 0 Å². The normalized spacial score (nSPS) is 18.3. The van der Waals surface area contributed by atoms with Crippen molar-refractivity contribution < 1.29 is 29.0 Å². The number of aliphatic carboxylic acids is 1. The number of rotatable bonds is 8. The standard InChI is InChI=1S/C27H25NO6/c1-18-25(21-10-6-3-7-11-21)34-27(32)28(18)26(31)23(16-24(29)30)20-12-14-22(15-13-20)33-17-19-8-4-2-5-9-19/h2-15,18,23,25H,16-17H2,1H3,(H,29,30)/t18-,23-,25-/m0/s1. The number of hydrogen-bond acceptors (Lipinski definition) is 5. The minimum Gasteiger partial charge on any atom is -0.489 e. The zero-order chi connectivity index (χ0) is 24.1. The zero-order valence-electron chi connectivity index (χ0n) is 18.7. The Balaban J connectivity index is 1.51. The van der Waals surface area contributed by atoms with Crippen LogP contribution in [0.25, 0.3) is 0 Å². The number of amides is 2. The molecule has 7 nitrogen and oxygen atoms in total. The summed E-state index contributed by atoms with van der Waals surface area (Å²) >= 11 is 0. The van der Waals surface area contributed by atoms with E-state index in [9.17, 15) is 19.5 Å². The van der Waals surface area contributed by atoms with Gasteiger partial charge in [0.2, 0.25) is 5.91 Å². The third kappa shape index (κ3) is 5.09. The van der Waals surface area contributed by atoms with Crippen LogP contribution in [0.1, 0.15) is 42.1 Å². The van der Waals surface area contributed by atoms with Crippen molar-refractivity contribution in [2.24, 2.45) is 0 Å². The van der Waals surface area contributed by atoms with Crippen molar-refractivity contribution in [1.29, 1.82) is 0 Å². The van der Waals surface area contributed by atoms with Gasteiger partial charge in [0.25, 0.3) is 0 Å². The second-order valence-electron chi connectivity index (χ2n) is 8.16. The van der Waals surface area contributed by atoms with Gasteiger partial charge in [0.15, 0.2) is 0 Å². The van der Waals surface area contributed by atoms with Gasteiger partial charge in [-0.2, -0.15) is 0 Å². The quantitative estimate of drug-likeness (QED) is 0.513. The van der Waals surface area contributed by atoms with Gasteiger partial charge in [0.05, 0.1) is 18.4 Å². The Morgan fingerprint density at radius 1 is 0.971 bits per heavy atom. The predicted molar refractivity (Wildman–Crippen MR) is 124 cm³/mol. The highest BCUT2D eigenvalue weighted by Gasteiger charge is 2.45. The molecule has 0 spiro atoms. The number of nitrogens with zero attached hydrogens (tertiary/aromatic N) is 1. The number of hydrogen-bond donors (Lipinski definition) is 1. The maximum atomic E-state index is 13.4. The van der Waals surface area contributed by atoms with E-state index in [2.05, 4.69) is 0 Å².